The average Bonchev–Trinajstić information content (AvgIpc) is 2.40. The standard InChI is InChI=1S/C16H21ClN2O/c1-12-10-19(11-13(2)20-12)8-7-15(9-18)14-3-5-16(17)6-4-14/h3-6,12-13,15H,7-8,10-11H2,1-2H3. The quantitative estimate of drug-likeness (QED) is 0.853. The van der Waals surface area contributed by atoms with Gasteiger partial charge in [0, 0.05) is 18.1 Å². The molecule has 0 bridgehead atoms. The Kier molecular flexibility index (Phi) is 5.42. The van der Waals surface area contributed by atoms with Crippen LogP contribution >= 0.6 is 11.6 Å². The van der Waals surface area contributed by atoms with Crippen molar-refractivity contribution in [1.29, 1.82) is 5.26 Å². The Morgan fingerprint density at radius 2 is 1.90 bits per heavy atom. The summed E-state index contributed by atoms with van der Waals surface area (Å²) in [4.78, 5) is 2.39. The summed E-state index contributed by atoms with van der Waals surface area (Å²) in [7, 11) is 0. The third kappa shape index (κ3) is 4.21. The Morgan fingerprint density at radius 1 is 1.30 bits per heavy atom. The van der Waals surface area contributed by atoms with Crippen molar-refractivity contribution in [2.24, 2.45) is 0 Å². The Bertz CT molecular complexity index is 458. The molecule has 1 heterocycles. The highest BCUT2D eigenvalue weighted by molar-refractivity contribution is 6.30. The number of benzene rings is 1. The Hall–Kier alpha value is -1.08. The molecule has 4 heteroatoms. The zero-order valence-corrected chi connectivity index (χ0v) is 12.8. The number of ether oxygens (including phenoxy) is 1. The summed E-state index contributed by atoms with van der Waals surface area (Å²) >= 11 is 5.89. The van der Waals surface area contributed by atoms with Gasteiger partial charge in [-0.2, -0.15) is 5.26 Å². The first kappa shape index (κ1) is 15.3. The van der Waals surface area contributed by atoms with Crippen molar-refractivity contribution in [1.82, 2.24) is 4.90 Å². The smallest absolute Gasteiger partial charge is 0.0724 e. The largest absolute Gasteiger partial charge is 0.373 e. The van der Waals surface area contributed by atoms with E-state index in [1.165, 1.54) is 0 Å². The Balaban J connectivity index is 1.91. The molecule has 20 heavy (non-hydrogen) atoms. The number of halogens is 1. The van der Waals surface area contributed by atoms with E-state index in [2.05, 4.69) is 24.8 Å². The molecule has 108 valence electrons. The molecule has 3 unspecified atom stereocenters. The van der Waals surface area contributed by atoms with Crippen LogP contribution in [0.15, 0.2) is 24.3 Å². The number of hydrogen-bond acceptors (Lipinski definition) is 3. The third-order valence-corrected chi connectivity index (χ3v) is 3.91. The van der Waals surface area contributed by atoms with E-state index in [-0.39, 0.29) is 18.1 Å². The fourth-order valence-electron chi connectivity index (χ4n) is 2.78. The van der Waals surface area contributed by atoms with Gasteiger partial charge in [-0.3, -0.25) is 4.90 Å². The van der Waals surface area contributed by atoms with Gasteiger partial charge in [-0.25, -0.2) is 0 Å². The lowest BCUT2D eigenvalue weighted by molar-refractivity contribution is -0.0682. The molecule has 1 aliphatic heterocycles. The van der Waals surface area contributed by atoms with Crippen LogP contribution < -0.4 is 0 Å². The van der Waals surface area contributed by atoms with E-state index in [0.29, 0.717) is 5.02 Å². The summed E-state index contributed by atoms with van der Waals surface area (Å²) in [6, 6.07) is 9.98. The summed E-state index contributed by atoms with van der Waals surface area (Å²) in [5.41, 5.74) is 1.05. The van der Waals surface area contributed by atoms with Crippen molar-refractivity contribution in [3.63, 3.8) is 0 Å². The van der Waals surface area contributed by atoms with Crippen LogP contribution in [0.25, 0.3) is 0 Å². The lowest BCUT2D eigenvalue weighted by Crippen LogP contribution is -2.45. The van der Waals surface area contributed by atoms with E-state index in [1.54, 1.807) is 0 Å². The van der Waals surface area contributed by atoms with Crippen LogP contribution in [0.2, 0.25) is 5.02 Å². The molecule has 0 spiro atoms. The summed E-state index contributed by atoms with van der Waals surface area (Å²) in [6.45, 7) is 7.03. The van der Waals surface area contributed by atoms with Crippen LogP contribution in [0.5, 0.6) is 0 Å². The molecule has 0 N–H and O–H groups in total. The normalized spacial score (nSPS) is 25.1. The first-order valence-electron chi connectivity index (χ1n) is 7.11. The minimum absolute atomic E-state index is 0.0688. The molecule has 1 aromatic carbocycles. The molecule has 1 fully saturated rings. The highest BCUT2D eigenvalue weighted by Crippen LogP contribution is 2.22. The summed E-state index contributed by atoms with van der Waals surface area (Å²) in [6.07, 6.45) is 1.39. The van der Waals surface area contributed by atoms with Gasteiger partial charge in [0.05, 0.1) is 24.2 Å². The number of morpholine rings is 1. The van der Waals surface area contributed by atoms with Crippen molar-refractivity contribution in [3.8, 4) is 6.07 Å². The molecule has 0 aliphatic carbocycles. The van der Waals surface area contributed by atoms with Crippen molar-refractivity contribution >= 4 is 11.6 Å². The minimum Gasteiger partial charge on any atom is -0.373 e. The zero-order chi connectivity index (χ0) is 14.5. The van der Waals surface area contributed by atoms with E-state index in [9.17, 15) is 5.26 Å². The monoisotopic (exact) mass is 292 g/mol. The van der Waals surface area contributed by atoms with Gasteiger partial charge >= 0.3 is 0 Å². The minimum atomic E-state index is -0.0688. The molecule has 0 saturated carbocycles. The lowest BCUT2D eigenvalue weighted by atomic mass is 9.97. The van der Waals surface area contributed by atoms with Gasteiger partial charge in [-0.15, -0.1) is 0 Å². The van der Waals surface area contributed by atoms with Crippen LogP contribution in [-0.2, 0) is 4.74 Å². The average molecular weight is 293 g/mol. The second-order valence-corrected chi connectivity index (χ2v) is 5.98. The predicted molar refractivity (Wildman–Crippen MR) is 80.9 cm³/mol. The van der Waals surface area contributed by atoms with Gasteiger partial charge in [-0.1, -0.05) is 23.7 Å². The number of nitrogens with zero attached hydrogens (tertiary/aromatic N) is 2. The van der Waals surface area contributed by atoms with Crippen molar-refractivity contribution in [3.05, 3.63) is 34.9 Å². The van der Waals surface area contributed by atoms with Crippen LogP contribution in [0.3, 0.4) is 0 Å². The van der Waals surface area contributed by atoms with E-state index in [1.807, 2.05) is 24.3 Å². The molecular formula is C16H21ClN2O. The maximum atomic E-state index is 9.36. The molecular weight excluding hydrogens is 272 g/mol. The van der Waals surface area contributed by atoms with E-state index in [0.717, 1.165) is 31.6 Å². The van der Waals surface area contributed by atoms with Crippen molar-refractivity contribution < 1.29 is 4.74 Å². The zero-order valence-electron chi connectivity index (χ0n) is 12.1. The van der Waals surface area contributed by atoms with Gasteiger partial charge < -0.3 is 4.74 Å². The molecule has 1 saturated heterocycles. The van der Waals surface area contributed by atoms with Crippen molar-refractivity contribution in [2.75, 3.05) is 19.6 Å². The highest BCUT2D eigenvalue weighted by atomic mass is 35.5. The summed E-state index contributed by atoms with van der Waals surface area (Å²) in [5, 5.41) is 10.1. The fourth-order valence-corrected chi connectivity index (χ4v) is 2.91. The second-order valence-electron chi connectivity index (χ2n) is 5.54. The molecule has 3 atom stereocenters. The number of nitriles is 1. The van der Waals surface area contributed by atoms with E-state index >= 15 is 0 Å². The first-order valence-corrected chi connectivity index (χ1v) is 7.49. The lowest BCUT2D eigenvalue weighted by Gasteiger charge is -2.35. The molecule has 0 amide bonds. The Morgan fingerprint density at radius 3 is 2.45 bits per heavy atom. The topological polar surface area (TPSA) is 36.3 Å². The van der Waals surface area contributed by atoms with Crippen LogP contribution in [0.1, 0.15) is 31.7 Å². The molecule has 1 aliphatic rings. The molecule has 2 rings (SSSR count). The van der Waals surface area contributed by atoms with Crippen molar-refractivity contribution in [2.45, 2.75) is 38.4 Å². The van der Waals surface area contributed by atoms with Gasteiger partial charge in [0.2, 0.25) is 0 Å². The maximum absolute atomic E-state index is 9.36. The van der Waals surface area contributed by atoms with E-state index in [4.69, 9.17) is 16.3 Å². The molecule has 0 aromatic heterocycles. The molecule has 1 aromatic rings. The number of rotatable bonds is 4. The molecule has 0 radical (unpaired) electrons. The predicted octanol–water partition coefficient (Wildman–Crippen LogP) is 3.45. The van der Waals surface area contributed by atoms with Gasteiger partial charge in [0.25, 0.3) is 0 Å². The third-order valence-electron chi connectivity index (χ3n) is 3.66. The SMILES string of the molecule is CC1CN(CCC(C#N)c2ccc(Cl)cc2)CC(C)O1. The highest BCUT2D eigenvalue weighted by Gasteiger charge is 2.22. The second kappa shape index (κ2) is 7.08. The van der Waals surface area contributed by atoms with Gasteiger partial charge in [0.1, 0.15) is 0 Å². The van der Waals surface area contributed by atoms with Crippen LogP contribution in [-0.4, -0.2) is 36.7 Å². The van der Waals surface area contributed by atoms with Gasteiger partial charge in [0.15, 0.2) is 0 Å². The van der Waals surface area contributed by atoms with Gasteiger partial charge in [-0.05, 0) is 44.5 Å². The Labute approximate surface area is 126 Å². The first-order chi connectivity index (χ1) is 9.58. The van der Waals surface area contributed by atoms with Crippen LogP contribution in [0.4, 0.5) is 0 Å². The molecule has 3 nitrogen and oxygen atoms in total. The van der Waals surface area contributed by atoms with E-state index < -0.39 is 0 Å². The number of hydrogen-bond donors (Lipinski definition) is 0. The van der Waals surface area contributed by atoms with Crippen LogP contribution in [0, 0.1) is 11.3 Å². The fraction of sp³-hybridized carbons (Fsp3) is 0.562. The summed E-state index contributed by atoms with van der Waals surface area (Å²) in [5.74, 6) is -0.0688. The maximum Gasteiger partial charge on any atom is 0.0724 e. The summed E-state index contributed by atoms with van der Waals surface area (Å²) < 4.78 is 5.73.